The molecule has 0 unspecified atom stereocenters. The van der Waals surface area contributed by atoms with E-state index in [1.807, 2.05) is 0 Å². The molecule has 0 rings (SSSR count). The summed E-state index contributed by atoms with van der Waals surface area (Å²) < 4.78 is 0. The van der Waals surface area contributed by atoms with Crippen LogP contribution in [0.4, 0.5) is 0 Å². The summed E-state index contributed by atoms with van der Waals surface area (Å²) in [5.74, 6) is 0. The smallest absolute Gasteiger partial charge is 0 e. The number of rotatable bonds is 0. The summed E-state index contributed by atoms with van der Waals surface area (Å²) >= 11 is 0. The van der Waals surface area contributed by atoms with Crippen molar-refractivity contribution in [1.29, 1.82) is 0 Å². The van der Waals surface area contributed by atoms with E-state index in [0.717, 1.165) is 0 Å². The summed E-state index contributed by atoms with van der Waals surface area (Å²) in [7, 11) is 0. The van der Waals surface area contributed by atoms with Gasteiger partial charge in [0.05, 0.1) is 0 Å². The Bertz CT molecular complexity index is 69.0. The van der Waals surface area contributed by atoms with E-state index in [1.165, 1.54) is 0 Å². The van der Waals surface area contributed by atoms with E-state index in [1.54, 1.807) is 0 Å². The van der Waals surface area contributed by atoms with Crippen LogP contribution < -0.4 is 0 Å². The molecule has 0 fully saturated rings. The summed E-state index contributed by atoms with van der Waals surface area (Å²) in [5.41, 5.74) is 0. The van der Waals surface area contributed by atoms with E-state index < -0.39 is 0 Å². The van der Waals surface area contributed by atoms with Gasteiger partial charge in [-0.05, 0) is 0 Å². The van der Waals surface area contributed by atoms with Gasteiger partial charge in [-0.25, -0.2) is 0 Å². The van der Waals surface area contributed by atoms with Crippen molar-refractivity contribution in [3.05, 3.63) is 0 Å². The average molecular weight is 4140 g/mol. The van der Waals surface area contributed by atoms with Gasteiger partial charge >= 0.3 is 0 Å². The van der Waals surface area contributed by atoms with Gasteiger partial charge in [0.1, 0.15) is 0 Å². The molecule has 0 N–H and O–H groups in total. The summed E-state index contributed by atoms with van der Waals surface area (Å²) in [4.78, 5) is 0. The zero-order valence-corrected chi connectivity index (χ0v) is 95.6. The molecule has 0 atom stereocenters. The van der Waals surface area contributed by atoms with Crippen LogP contribution in [0.3, 0.4) is 0 Å². The molecule has 0 spiro atoms. The molecule has 0 aromatic carbocycles. The third-order valence-electron chi connectivity index (χ3n) is 0. The van der Waals surface area contributed by atoms with Gasteiger partial charge < -0.3 is 0 Å². The molecule has 0 aliphatic carbocycles. The van der Waals surface area contributed by atoms with Crippen LogP contribution in [0.5, 0.6) is 0 Å². The molecule has 0 saturated carbocycles. The van der Waals surface area contributed by atoms with E-state index >= 15 is 0 Å². The van der Waals surface area contributed by atoms with Gasteiger partial charge in [0.25, 0.3) is 0 Å². The van der Waals surface area contributed by atoms with Crippen LogP contribution in [-0.2, 0) is 1190 Å². The van der Waals surface area contributed by atoms with Crippen molar-refractivity contribution in [1.82, 2.24) is 0 Å². The van der Waals surface area contributed by atoms with Gasteiger partial charge in [0, 0.05) is 1190 Å². The van der Waals surface area contributed by atoms with Crippen LogP contribution in [-0.4, -0.2) is 0 Å². The minimum Gasteiger partial charge on any atom is 0 e. The van der Waals surface area contributed by atoms with Gasteiger partial charge in [-0.1, -0.05) is 0 Å². The first kappa shape index (κ1) is 893. The molecule has 0 aliphatic rings. The van der Waals surface area contributed by atoms with Crippen molar-refractivity contribution in [3.63, 3.8) is 0 Å². The molecule has 70 heteroatoms. The van der Waals surface area contributed by atoms with E-state index in [2.05, 4.69) is 0 Å². The normalized spacial score (nSPS) is 0. The molecule has 0 saturated heterocycles. The Balaban J connectivity index is 0. The van der Waals surface area contributed by atoms with Crippen molar-refractivity contribution in [2.45, 2.75) is 0 Å². The second-order valence-corrected chi connectivity index (χ2v) is 0. The Labute approximate surface area is 1160 Å². The topological polar surface area (TPSA) is 0 Å². The molecule has 0 heterocycles. The second-order valence-electron chi connectivity index (χ2n) is 0. The predicted molar refractivity (Wildman–Crippen MR) is 0 cm³/mol. The van der Waals surface area contributed by atoms with Crippen LogP contribution in [0.1, 0.15) is 0 Å². The third-order valence-corrected chi connectivity index (χ3v) is 0. The minimum atomic E-state index is 0. The Morgan fingerprint density at radius 1 is 0.0286 bits per heavy atom. The SMILES string of the molecule is [Cu].[Cu].[Cu].[Cu].[Cu].[Cu].[Cu].[Cu].[Cu].[Cu].[Cu].[Cu].[Cu].[Cu].[Cu].[Cu].[Cu].[Cu].[Cu].[Cu].[Cu].[Cu].[Cu].[Cu].[Cu].[Cu].[Cu].[Cu].[Cu].[Cu].[Fe].[Fe].[Fe].[Fe].[Fe].[Fe].[Fe].[Fe].[Fe].[Fe].[Fe].[Fe].[Fe].[Fe].[Fe].[Fe].[Fe].[Fe].[Fe].[Fe].[Fe].[Fe].[Fe].[Fe].[Fe].[Fe].[Fe].[Fe].[Fe].[Fe].[Fe].[Fe].[Fe].[Fe].[Fe].[Fe].[Fe].[Fe].[Fe].[Fe]. The zero-order valence-electron chi connectivity index (χ0n) is 23.2. The Hall–Kier alpha value is 36.4. The standard InChI is InChI=1S/30Cu.40Fe. The summed E-state index contributed by atoms with van der Waals surface area (Å²) in [6.07, 6.45) is 0. The van der Waals surface area contributed by atoms with Crippen molar-refractivity contribution in [2.75, 3.05) is 0 Å². The molecule has 0 aliphatic heterocycles. The Morgan fingerprint density at radius 3 is 0.0286 bits per heavy atom. The van der Waals surface area contributed by atoms with E-state index in [-0.39, 0.29) is 1190 Å². The van der Waals surface area contributed by atoms with Crippen LogP contribution in [0.25, 0.3) is 0 Å². The largest absolute Gasteiger partial charge is 0 e. The first-order valence-corrected chi connectivity index (χ1v) is 0. The molecule has 0 aromatic rings. The fourth-order valence-corrected chi connectivity index (χ4v) is 0. The zero-order chi connectivity index (χ0) is 0. The van der Waals surface area contributed by atoms with Gasteiger partial charge in [0.15, 0.2) is 0 Å². The van der Waals surface area contributed by atoms with Gasteiger partial charge in [-0.3, -0.25) is 0 Å². The Morgan fingerprint density at radius 2 is 0.0286 bits per heavy atom. The van der Waals surface area contributed by atoms with Crippen LogP contribution in [0.2, 0.25) is 0 Å². The van der Waals surface area contributed by atoms with E-state index in [4.69, 9.17) is 0 Å². The summed E-state index contributed by atoms with van der Waals surface area (Å²) in [5, 5.41) is 0. The quantitative estimate of drug-likeness (QED) is 0.296. The third kappa shape index (κ3) is 843. The van der Waals surface area contributed by atoms with Crippen molar-refractivity contribution in [3.8, 4) is 0 Å². The van der Waals surface area contributed by atoms with Gasteiger partial charge in [0.2, 0.25) is 0 Å². The maximum atomic E-state index is 0. The molecule has 0 aromatic heterocycles. The van der Waals surface area contributed by atoms with Crippen molar-refractivity contribution in [2.24, 2.45) is 0 Å². The maximum Gasteiger partial charge on any atom is 0 e. The van der Waals surface area contributed by atoms with Gasteiger partial charge in [-0.15, -0.1) is 0 Å². The van der Waals surface area contributed by atoms with E-state index in [9.17, 15) is 0 Å². The average Bonchev–Trinajstić information content (AvgIpc) is 0. The van der Waals surface area contributed by atoms with Crippen molar-refractivity contribution >= 4 is 0 Å². The summed E-state index contributed by atoms with van der Waals surface area (Å²) in [6, 6.07) is 0. The fourth-order valence-electron chi connectivity index (χ4n) is 0. The first-order chi connectivity index (χ1) is 0. The minimum absolute atomic E-state index is 0. The molecule has 70 heavy (non-hydrogen) atoms. The van der Waals surface area contributed by atoms with Crippen LogP contribution >= 0.6 is 0 Å². The second kappa shape index (κ2) is 868. The molecule has 0 bridgehead atoms. The van der Waals surface area contributed by atoms with Crippen LogP contribution in [0.15, 0.2) is 0 Å². The van der Waals surface area contributed by atoms with Gasteiger partial charge in [-0.2, -0.15) is 0 Å². The predicted octanol–water partition coefficient (Wildman–Crippen LogP) is -0.175. The number of hydrogen-bond acceptors (Lipinski definition) is 0. The van der Waals surface area contributed by atoms with E-state index in [0.29, 0.717) is 0 Å². The fraction of sp³-hybridized carbons (Fsp3) is 0. The molecular weight excluding hydrogens is 4140 g/mol. The van der Waals surface area contributed by atoms with Crippen molar-refractivity contribution < 1.29 is 1190 Å². The molecule has 0 amide bonds. The molecule has 650 valence electrons. The monoisotopic (exact) mass is 4130 g/mol. The van der Waals surface area contributed by atoms with Crippen LogP contribution in [0, 0.1) is 0 Å². The number of hydrogen-bond donors (Lipinski definition) is 0. The molecule has 0 nitrogen and oxygen atoms in total. The maximum absolute atomic E-state index is 0. The Kier molecular flexibility index (Phi) is 11100. The molecule has 30 radical (unpaired) electrons. The first-order valence-electron chi connectivity index (χ1n) is 0. The molecular formula is Cu30Fe40. The summed E-state index contributed by atoms with van der Waals surface area (Å²) in [6.45, 7) is 0.